The van der Waals surface area contributed by atoms with Crippen molar-refractivity contribution in [3.05, 3.63) is 12.2 Å². The Morgan fingerprint density at radius 2 is 1.42 bits per heavy atom. The summed E-state index contributed by atoms with van der Waals surface area (Å²) in [6.45, 7) is 5.36. The second-order valence-electron chi connectivity index (χ2n) is 9.02. The standard InChI is InChI=1S/C22H34I2O9/c1-10-6-13(32-21-14(23)7-17(26)11(2)30-21)4-5-16(25)19(9-20(28)29-10)33-22-15(24)8-18(27)12(3)31-22/h4-5,10-19,21-22,25-27H,6-9H2,1-3H3/b5-4+/t10-,11+,12+,13-,14-,15-,16+,17+,18+,19+,21+,22+/m1/s1. The van der Waals surface area contributed by atoms with Crippen LogP contribution in [0.4, 0.5) is 0 Å². The highest BCUT2D eigenvalue weighted by molar-refractivity contribution is 14.1. The smallest absolute Gasteiger partial charge is 0.308 e. The Morgan fingerprint density at radius 3 is 2.00 bits per heavy atom. The van der Waals surface area contributed by atoms with E-state index in [1.165, 1.54) is 0 Å². The maximum atomic E-state index is 12.5. The Kier molecular flexibility index (Phi) is 10.7. The number of carbonyl (C=O) groups excluding carboxylic acids is 1. The molecule has 2 fully saturated rings. The van der Waals surface area contributed by atoms with Crippen LogP contribution in [-0.4, -0.2) is 90.5 Å². The number of esters is 1. The Labute approximate surface area is 221 Å². The van der Waals surface area contributed by atoms with E-state index in [4.69, 9.17) is 23.7 Å². The number of aliphatic hydroxyl groups is 3. The minimum Gasteiger partial charge on any atom is -0.462 e. The molecule has 3 rings (SSSR count). The number of halogens is 2. The van der Waals surface area contributed by atoms with Gasteiger partial charge in [0, 0.05) is 6.42 Å². The van der Waals surface area contributed by atoms with Crippen molar-refractivity contribution in [2.45, 2.75) is 116 Å². The zero-order valence-electron chi connectivity index (χ0n) is 19.0. The normalized spacial score (nSPS) is 48.7. The van der Waals surface area contributed by atoms with Gasteiger partial charge < -0.3 is 39.0 Å². The molecule has 0 radical (unpaired) electrons. The van der Waals surface area contributed by atoms with E-state index in [9.17, 15) is 20.1 Å². The molecule has 11 heteroatoms. The zero-order chi connectivity index (χ0) is 24.3. The number of alkyl halides is 2. The molecule has 3 aliphatic heterocycles. The van der Waals surface area contributed by atoms with Crippen LogP contribution in [0.1, 0.15) is 46.5 Å². The third-order valence-corrected chi connectivity index (χ3v) is 8.28. The molecule has 2 saturated heterocycles. The van der Waals surface area contributed by atoms with Crippen LogP contribution in [0.15, 0.2) is 12.2 Å². The molecule has 0 bridgehead atoms. The molecule has 9 nitrogen and oxygen atoms in total. The molecule has 0 spiro atoms. The molecule has 0 aromatic heterocycles. The SMILES string of the molecule is C[C@@H]1C[C@H](O[C@@H]2O[C@@H](C)[C@@H](O)C[C@H]2I)/C=C/[C@H](O)[C@@H](O[C@@H]2O[C@@H](C)[C@@H](O)C[C@H]2I)CC(=O)O1. The maximum Gasteiger partial charge on any atom is 0.308 e. The van der Waals surface area contributed by atoms with Crippen LogP contribution in [0.25, 0.3) is 0 Å². The number of cyclic esters (lactones) is 1. The summed E-state index contributed by atoms with van der Waals surface area (Å²) in [6, 6.07) is 0. The highest BCUT2D eigenvalue weighted by atomic mass is 127. The van der Waals surface area contributed by atoms with Crippen molar-refractivity contribution >= 4 is 51.2 Å². The Hall–Kier alpha value is 0.390. The summed E-state index contributed by atoms with van der Waals surface area (Å²) in [5.74, 6) is -0.480. The van der Waals surface area contributed by atoms with Crippen molar-refractivity contribution in [3.63, 3.8) is 0 Å². The molecule has 190 valence electrons. The molecule has 12 atom stereocenters. The number of rotatable bonds is 4. The lowest BCUT2D eigenvalue weighted by Crippen LogP contribution is -2.48. The number of hydrogen-bond acceptors (Lipinski definition) is 9. The van der Waals surface area contributed by atoms with E-state index < -0.39 is 61.3 Å². The van der Waals surface area contributed by atoms with E-state index in [2.05, 4.69) is 45.2 Å². The predicted octanol–water partition coefficient (Wildman–Crippen LogP) is 2.00. The van der Waals surface area contributed by atoms with E-state index >= 15 is 0 Å². The quantitative estimate of drug-likeness (QED) is 0.175. The van der Waals surface area contributed by atoms with Crippen molar-refractivity contribution in [3.8, 4) is 0 Å². The third kappa shape index (κ3) is 7.94. The van der Waals surface area contributed by atoms with Gasteiger partial charge in [-0.05, 0) is 33.6 Å². The van der Waals surface area contributed by atoms with Crippen LogP contribution >= 0.6 is 45.2 Å². The molecular formula is C22H34I2O9. The van der Waals surface area contributed by atoms with Gasteiger partial charge in [-0.1, -0.05) is 57.3 Å². The fraction of sp³-hybridized carbons (Fsp3) is 0.864. The first kappa shape index (κ1) is 28.0. The number of carbonyl (C=O) groups is 1. The van der Waals surface area contributed by atoms with Crippen LogP contribution in [-0.2, 0) is 28.5 Å². The highest BCUT2D eigenvalue weighted by Crippen LogP contribution is 2.31. The van der Waals surface area contributed by atoms with Gasteiger partial charge >= 0.3 is 5.97 Å². The predicted molar refractivity (Wildman–Crippen MR) is 135 cm³/mol. The zero-order valence-corrected chi connectivity index (χ0v) is 23.3. The highest BCUT2D eigenvalue weighted by Gasteiger charge is 2.39. The van der Waals surface area contributed by atoms with Crippen molar-refractivity contribution < 1.29 is 43.8 Å². The average molecular weight is 696 g/mol. The molecule has 0 saturated carbocycles. The van der Waals surface area contributed by atoms with Gasteiger partial charge in [0.1, 0.15) is 12.2 Å². The molecular weight excluding hydrogens is 662 g/mol. The summed E-state index contributed by atoms with van der Waals surface area (Å²) < 4.78 is 29.1. The lowest BCUT2D eigenvalue weighted by atomic mass is 10.0. The lowest BCUT2D eigenvalue weighted by Gasteiger charge is -2.38. The summed E-state index contributed by atoms with van der Waals surface area (Å²) in [5.41, 5.74) is 0. The fourth-order valence-electron chi connectivity index (χ4n) is 4.02. The van der Waals surface area contributed by atoms with Crippen molar-refractivity contribution in [2.24, 2.45) is 0 Å². The van der Waals surface area contributed by atoms with Crippen LogP contribution in [0.3, 0.4) is 0 Å². The van der Waals surface area contributed by atoms with E-state index in [1.807, 2.05) is 0 Å². The largest absolute Gasteiger partial charge is 0.462 e. The molecule has 0 aliphatic carbocycles. The van der Waals surface area contributed by atoms with Gasteiger partial charge in [0.05, 0.1) is 50.9 Å². The maximum absolute atomic E-state index is 12.5. The fourth-order valence-corrected chi connectivity index (χ4v) is 5.74. The third-order valence-electron chi connectivity index (χ3n) is 6.09. The molecule has 0 aromatic rings. The average Bonchev–Trinajstić information content (AvgIpc) is 2.72. The lowest BCUT2D eigenvalue weighted by molar-refractivity contribution is -0.239. The second kappa shape index (κ2) is 12.6. The van der Waals surface area contributed by atoms with Gasteiger partial charge in [-0.15, -0.1) is 0 Å². The summed E-state index contributed by atoms with van der Waals surface area (Å²) in [4.78, 5) is 12.5. The summed E-state index contributed by atoms with van der Waals surface area (Å²) in [6.07, 6.45) is -1.28. The van der Waals surface area contributed by atoms with Gasteiger partial charge in [0.25, 0.3) is 0 Å². The topological polar surface area (TPSA) is 124 Å². The molecule has 3 aliphatic rings. The summed E-state index contributed by atoms with van der Waals surface area (Å²) in [5, 5.41) is 30.8. The van der Waals surface area contributed by atoms with Crippen LogP contribution in [0.2, 0.25) is 0 Å². The van der Waals surface area contributed by atoms with Crippen molar-refractivity contribution in [1.82, 2.24) is 0 Å². The Bertz CT molecular complexity index is 680. The van der Waals surface area contributed by atoms with E-state index in [0.29, 0.717) is 19.3 Å². The van der Waals surface area contributed by atoms with Crippen molar-refractivity contribution in [1.29, 1.82) is 0 Å². The first-order valence-corrected chi connectivity index (χ1v) is 13.8. The van der Waals surface area contributed by atoms with Gasteiger partial charge in [-0.3, -0.25) is 4.79 Å². The first-order valence-electron chi connectivity index (χ1n) is 11.4. The van der Waals surface area contributed by atoms with Gasteiger partial charge in [-0.25, -0.2) is 0 Å². The molecule has 3 heterocycles. The van der Waals surface area contributed by atoms with Crippen molar-refractivity contribution in [2.75, 3.05) is 0 Å². The molecule has 0 amide bonds. The molecule has 3 N–H and O–H groups in total. The molecule has 0 aromatic carbocycles. The van der Waals surface area contributed by atoms with E-state index in [-0.39, 0.29) is 20.4 Å². The minimum absolute atomic E-state index is 0.0437. The van der Waals surface area contributed by atoms with Gasteiger partial charge in [-0.2, -0.15) is 0 Å². The van der Waals surface area contributed by atoms with Gasteiger partial charge in [0.15, 0.2) is 12.6 Å². The molecule has 0 unspecified atom stereocenters. The van der Waals surface area contributed by atoms with E-state index in [0.717, 1.165) is 0 Å². The summed E-state index contributed by atoms with van der Waals surface area (Å²) in [7, 11) is 0. The Balaban J connectivity index is 1.70. The Morgan fingerprint density at radius 1 is 0.879 bits per heavy atom. The van der Waals surface area contributed by atoms with Crippen LogP contribution in [0, 0.1) is 0 Å². The number of ether oxygens (including phenoxy) is 5. The first-order chi connectivity index (χ1) is 15.5. The van der Waals surface area contributed by atoms with Crippen LogP contribution < -0.4 is 0 Å². The minimum atomic E-state index is -1.09. The van der Waals surface area contributed by atoms with E-state index in [1.54, 1.807) is 32.9 Å². The monoisotopic (exact) mass is 696 g/mol. The summed E-state index contributed by atoms with van der Waals surface area (Å²) >= 11 is 4.35. The molecule has 33 heavy (non-hydrogen) atoms. The number of aliphatic hydroxyl groups excluding tert-OH is 3. The van der Waals surface area contributed by atoms with Crippen LogP contribution in [0.5, 0.6) is 0 Å². The number of hydrogen-bond donors (Lipinski definition) is 3. The second-order valence-corrected chi connectivity index (χ2v) is 12.2. The van der Waals surface area contributed by atoms with Gasteiger partial charge in [0.2, 0.25) is 0 Å².